The van der Waals surface area contributed by atoms with Gasteiger partial charge in [0.05, 0.1) is 10.9 Å². The summed E-state index contributed by atoms with van der Waals surface area (Å²) in [6, 6.07) is 5.64. The number of hydrogen-bond acceptors (Lipinski definition) is 1. The van der Waals surface area contributed by atoms with Crippen molar-refractivity contribution in [1.82, 2.24) is 5.32 Å². The molecule has 92 valence electrons. The van der Waals surface area contributed by atoms with E-state index in [1.807, 2.05) is 12.1 Å². The average molecular weight is 381 g/mol. The number of amides is 1. The summed E-state index contributed by atoms with van der Waals surface area (Å²) in [4.78, 5) is 12.1. The first-order valence-electron chi connectivity index (χ1n) is 5.48. The van der Waals surface area contributed by atoms with Crippen molar-refractivity contribution >= 4 is 49.4 Å². The summed E-state index contributed by atoms with van der Waals surface area (Å²) in [7, 11) is 0. The van der Waals surface area contributed by atoms with Crippen molar-refractivity contribution < 1.29 is 4.79 Å². The van der Waals surface area contributed by atoms with E-state index in [-0.39, 0.29) is 17.3 Å². The van der Waals surface area contributed by atoms with Gasteiger partial charge < -0.3 is 5.32 Å². The first-order chi connectivity index (χ1) is 8.08. The average Bonchev–Trinajstić information content (AvgIpc) is 2.68. The lowest BCUT2D eigenvalue weighted by Crippen LogP contribution is -2.38. The minimum Gasteiger partial charge on any atom is -0.348 e. The monoisotopic (exact) mass is 379 g/mol. The van der Waals surface area contributed by atoms with Crippen molar-refractivity contribution in [3.8, 4) is 0 Å². The predicted molar refractivity (Wildman–Crippen MR) is 76.6 cm³/mol. The molecule has 0 radical (unpaired) electrons. The molecule has 1 aromatic rings. The van der Waals surface area contributed by atoms with Gasteiger partial charge in [-0.2, -0.15) is 0 Å². The molecular weight excluding hydrogens is 369 g/mol. The number of alkyl halides is 1. The topological polar surface area (TPSA) is 29.1 Å². The van der Waals surface area contributed by atoms with Crippen LogP contribution in [0.5, 0.6) is 0 Å². The summed E-state index contributed by atoms with van der Waals surface area (Å²) in [5.74, 6) is -0.0734. The van der Waals surface area contributed by atoms with Gasteiger partial charge >= 0.3 is 0 Å². The van der Waals surface area contributed by atoms with E-state index in [9.17, 15) is 4.79 Å². The van der Waals surface area contributed by atoms with Crippen LogP contribution in [0.2, 0.25) is 0 Å². The lowest BCUT2D eigenvalue weighted by Gasteiger charge is -2.16. The Morgan fingerprint density at radius 3 is 2.76 bits per heavy atom. The standard InChI is InChI=1S/C12H12Br2ClNO/c13-7-4-5-9(14)8(6-7)12(17)16-11-3-1-2-10(11)15/h4-6,10-11H,1-3H2,(H,16,17). The largest absolute Gasteiger partial charge is 0.348 e. The Bertz CT molecular complexity index is 439. The third-order valence-electron chi connectivity index (χ3n) is 2.92. The van der Waals surface area contributed by atoms with Crippen LogP contribution in [0.1, 0.15) is 29.6 Å². The molecule has 2 unspecified atom stereocenters. The molecular formula is C12H12Br2ClNO. The molecule has 1 saturated carbocycles. The maximum absolute atomic E-state index is 12.1. The third kappa shape index (κ3) is 3.24. The van der Waals surface area contributed by atoms with Gasteiger partial charge in [0, 0.05) is 15.0 Å². The molecule has 1 aliphatic rings. The van der Waals surface area contributed by atoms with Crippen molar-refractivity contribution in [3.05, 3.63) is 32.7 Å². The van der Waals surface area contributed by atoms with E-state index in [0.29, 0.717) is 5.56 Å². The molecule has 2 nitrogen and oxygen atoms in total. The molecule has 5 heteroatoms. The molecule has 1 fully saturated rings. The van der Waals surface area contributed by atoms with E-state index < -0.39 is 0 Å². The first kappa shape index (κ1) is 13.4. The molecule has 0 heterocycles. The van der Waals surface area contributed by atoms with Crippen LogP contribution in [0, 0.1) is 0 Å². The molecule has 0 spiro atoms. The molecule has 0 saturated heterocycles. The van der Waals surface area contributed by atoms with Crippen LogP contribution >= 0.6 is 43.5 Å². The maximum atomic E-state index is 12.1. The maximum Gasteiger partial charge on any atom is 0.252 e. The number of hydrogen-bond donors (Lipinski definition) is 1. The quantitative estimate of drug-likeness (QED) is 0.768. The van der Waals surface area contributed by atoms with Crippen molar-refractivity contribution in [2.75, 3.05) is 0 Å². The van der Waals surface area contributed by atoms with Crippen LogP contribution in [0.4, 0.5) is 0 Å². The van der Waals surface area contributed by atoms with Crippen molar-refractivity contribution in [2.45, 2.75) is 30.7 Å². The molecule has 0 aliphatic heterocycles. The van der Waals surface area contributed by atoms with Crippen LogP contribution in [0.25, 0.3) is 0 Å². The van der Waals surface area contributed by atoms with Crippen LogP contribution < -0.4 is 5.32 Å². The van der Waals surface area contributed by atoms with Gasteiger partial charge in [-0.3, -0.25) is 4.79 Å². The number of carbonyl (C=O) groups excluding carboxylic acids is 1. The number of halogens is 3. The molecule has 1 amide bonds. The number of rotatable bonds is 2. The van der Waals surface area contributed by atoms with Crippen molar-refractivity contribution in [3.63, 3.8) is 0 Å². The van der Waals surface area contributed by atoms with Crippen molar-refractivity contribution in [1.29, 1.82) is 0 Å². The van der Waals surface area contributed by atoms with E-state index >= 15 is 0 Å². The Morgan fingerprint density at radius 1 is 1.35 bits per heavy atom. The molecule has 1 aromatic carbocycles. The fourth-order valence-electron chi connectivity index (χ4n) is 2.00. The van der Waals surface area contributed by atoms with Crippen LogP contribution in [0.3, 0.4) is 0 Å². The van der Waals surface area contributed by atoms with Gasteiger partial charge in [-0.05, 0) is 53.4 Å². The fraction of sp³-hybridized carbons (Fsp3) is 0.417. The predicted octanol–water partition coefficient (Wildman–Crippen LogP) is 4.10. The lowest BCUT2D eigenvalue weighted by molar-refractivity contribution is 0.0937. The van der Waals surface area contributed by atoms with Crippen molar-refractivity contribution in [2.24, 2.45) is 0 Å². The van der Waals surface area contributed by atoms with Gasteiger partial charge in [0.2, 0.25) is 0 Å². The minimum atomic E-state index is -0.0734. The Balaban J connectivity index is 2.11. The van der Waals surface area contributed by atoms with Gasteiger partial charge in [-0.15, -0.1) is 11.6 Å². The van der Waals surface area contributed by atoms with Crippen LogP contribution in [0.15, 0.2) is 27.1 Å². The summed E-state index contributed by atoms with van der Waals surface area (Å²) < 4.78 is 1.68. The Labute approximate surface area is 122 Å². The lowest BCUT2D eigenvalue weighted by atomic mass is 10.2. The number of benzene rings is 1. The summed E-state index contributed by atoms with van der Waals surface area (Å²) >= 11 is 12.9. The van der Waals surface area contributed by atoms with Gasteiger partial charge in [-0.1, -0.05) is 15.9 Å². The minimum absolute atomic E-state index is 0.0601. The highest BCUT2D eigenvalue weighted by atomic mass is 79.9. The highest BCUT2D eigenvalue weighted by Gasteiger charge is 2.27. The highest BCUT2D eigenvalue weighted by molar-refractivity contribution is 9.11. The molecule has 1 aliphatic carbocycles. The molecule has 0 bridgehead atoms. The zero-order chi connectivity index (χ0) is 12.4. The Morgan fingerprint density at radius 2 is 2.12 bits per heavy atom. The molecule has 1 N–H and O–H groups in total. The summed E-state index contributed by atoms with van der Waals surface area (Å²) in [6.07, 6.45) is 3.02. The van der Waals surface area contributed by atoms with Crippen LogP contribution in [-0.4, -0.2) is 17.3 Å². The molecule has 2 rings (SSSR count). The molecule has 17 heavy (non-hydrogen) atoms. The van der Waals surface area contributed by atoms with Gasteiger partial charge in [0.15, 0.2) is 0 Å². The number of carbonyl (C=O) groups is 1. The third-order valence-corrected chi connectivity index (χ3v) is 4.63. The zero-order valence-electron chi connectivity index (χ0n) is 9.05. The highest BCUT2D eigenvalue weighted by Crippen LogP contribution is 2.26. The van der Waals surface area contributed by atoms with Crippen LogP contribution in [-0.2, 0) is 0 Å². The smallest absolute Gasteiger partial charge is 0.252 e. The van der Waals surface area contributed by atoms with E-state index in [4.69, 9.17) is 11.6 Å². The Kier molecular flexibility index (Phi) is 4.50. The second-order valence-electron chi connectivity index (χ2n) is 4.15. The summed E-state index contributed by atoms with van der Waals surface area (Å²) in [5, 5.41) is 3.05. The second-order valence-corrected chi connectivity index (χ2v) is 6.48. The van der Waals surface area contributed by atoms with E-state index in [0.717, 1.165) is 28.2 Å². The van der Waals surface area contributed by atoms with Gasteiger partial charge in [-0.25, -0.2) is 0 Å². The Hall–Kier alpha value is -0.0600. The van der Waals surface area contributed by atoms with E-state index in [1.54, 1.807) is 6.07 Å². The SMILES string of the molecule is O=C(NC1CCCC1Cl)c1cc(Br)ccc1Br. The summed E-state index contributed by atoms with van der Waals surface area (Å²) in [5.41, 5.74) is 0.634. The van der Waals surface area contributed by atoms with E-state index in [1.165, 1.54) is 0 Å². The second kappa shape index (κ2) is 5.72. The summed E-state index contributed by atoms with van der Waals surface area (Å²) in [6.45, 7) is 0. The fourth-order valence-corrected chi connectivity index (χ4v) is 3.13. The van der Waals surface area contributed by atoms with E-state index in [2.05, 4.69) is 37.2 Å². The number of nitrogens with one attached hydrogen (secondary N) is 1. The molecule has 2 atom stereocenters. The van der Waals surface area contributed by atoms with Gasteiger partial charge in [0.25, 0.3) is 5.91 Å². The zero-order valence-corrected chi connectivity index (χ0v) is 13.0. The van der Waals surface area contributed by atoms with Gasteiger partial charge in [0.1, 0.15) is 0 Å². The molecule has 0 aromatic heterocycles. The first-order valence-corrected chi connectivity index (χ1v) is 7.50. The normalized spacial score (nSPS) is 23.7.